The van der Waals surface area contributed by atoms with Gasteiger partial charge < -0.3 is 25.1 Å². The molecule has 2 N–H and O–H groups in total. The van der Waals surface area contributed by atoms with E-state index < -0.39 is 0 Å². The van der Waals surface area contributed by atoms with E-state index in [0.29, 0.717) is 11.5 Å². The van der Waals surface area contributed by atoms with Gasteiger partial charge in [0.2, 0.25) is 0 Å². The van der Waals surface area contributed by atoms with Gasteiger partial charge in [-0.15, -0.1) is 0 Å². The van der Waals surface area contributed by atoms with E-state index >= 15 is 0 Å². The number of benzene rings is 6. The standard InChI is InChI=1S/2C28H32O.2CH3.Ti/c2*1-7-28(8-2)23-12-10-9-11-20(23)21-14-13-19(17-24(21)28)22-15-18(3)16-25(26(22)29)27(4,5)6;;;/h2*9-17,29H,7-8H2,1-6H3;2*1H3;/q;;2*-1;+2. The van der Waals surface area contributed by atoms with Gasteiger partial charge in [-0.05, 0) is 141 Å². The van der Waals surface area contributed by atoms with Gasteiger partial charge in [0.05, 0.1) is 0 Å². The third-order valence-corrected chi connectivity index (χ3v) is 13.7. The Morgan fingerprint density at radius 1 is 0.410 bits per heavy atom. The Morgan fingerprint density at radius 3 is 1.03 bits per heavy atom. The van der Waals surface area contributed by atoms with Crippen LogP contribution in [0, 0.1) is 28.7 Å². The summed E-state index contributed by atoms with van der Waals surface area (Å²) >= 11 is 0. The molecule has 0 amide bonds. The summed E-state index contributed by atoms with van der Waals surface area (Å²) in [5, 5.41) is 22.3. The zero-order chi connectivity index (χ0) is 41.9. The van der Waals surface area contributed by atoms with Crippen LogP contribution in [0.2, 0.25) is 0 Å². The molecule has 3 heteroatoms. The molecular formula is C58H70O2Ti. The average Bonchev–Trinajstić information content (AvgIpc) is 3.65. The molecule has 6 aromatic rings. The number of phenolic OH excluding ortho intramolecular Hbond substituents is 2. The minimum absolute atomic E-state index is 0. The molecule has 2 nitrogen and oxygen atoms in total. The first-order valence-electron chi connectivity index (χ1n) is 21.6. The van der Waals surface area contributed by atoms with E-state index in [1.54, 1.807) is 0 Å². The van der Waals surface area contributed by atoms with Gasteiger partial charge in [-0.3, -0.25) is 0 Å². The number of aromatic hydroxyl groups is 2. The van der Waals surface area contributed by atoms with Gasteiger partial charge in [-0.2, -0.15) is 0 Å². The van der Waals surface area contributed by atoms with Crippen LogP contribution in [0.15, 0.2) is 109 Å². The van der Waals surface area contributed by atoms with Crippen molar-refractivity contribution >= 4 is 0 Å². The second-order valence-electron chi connectivity index (χ2n) is 19.1. The topological polar surface area (TPSA) is 40.5 Å². The van der Waals surface area contributed by atoms with Crippen molar-refractivity contribution in [3.8, 4) is 56.0 Å². The monoisotopic (exact) mass is 846 g/mol. The van der Waals surface area contributed by atoms with Crippen LogP contribution in [0.1, 0.15) is 139 Å². The predicted molar refractivity (Wildman–Crippen MR) is 260 cm³/mol. The summed E-state index contributed by atoms with van der Waals surface area (Å²) in [5.41, 5.74) is 19.5. The summed E-state index contributed by atoms with van der Waals surface area (Å²) in [4.78, 5) is 0. The van der Waals surface area contributed by atoms with Crippen molar-refractivity contribution < 1.29 is 31.9 Å². The first-order valence-corrected chi connectivity index (χ1v) is 21.6. The van der Waals surface area contributed by atoms with Gasteiger partial charge in [0.25, 0.3) is 0 Å². The van der Waals surface area contributed by atoms with Crippen LogP contribution in [0.25, 0.3) is 44.5 Å². The molecule has 2 aliphatic carbocycles. The fourth-order valence-electron chi connectivity index (χ4n) is 10.4. The fourth-order valence-corrected chi connectivity index (χ4v) is 10.4. The zero-order valence-corrected chi connectivity index (χ0v) is 41.2. The van der Waals surface area contributed by atoms with E-state index in [1.165, 1.54) is 55.6 Å². The number of rotatable bonds is 6. The molecular weight excluding hydrogens is 777 g/mol. The molecule has 0 bridgehead atoms. The normalized spacial score (nSPS) is 13.8. The Labute approximate surface area is 384 Å². The second-order valence-corrected chi connectivity index (χ2v) is 19.1. The van der Waals surface area contributed by atoms with Gasteiger partial charge in [-0.25, -0.2) is 0 Å². The Morgan fingerprint density at radius 2 is 0.721 bits per heavy atom. The molecule has 0 fully saturated rings. The van der Waals surface area contributed by atoms with Gasteiger partial charge >= 0.3 is 21.7 Å². The average molecular weight is 847 g/mol. The molecule has 0 atom stereocenters. The maximum absolute atomic E-state index is 11.2. The van der Waals surface area contributed by atoms with E-state index in [4.69, 9.17) is 0 Å². The molecule has 0 aromatic heterocycles. The van der Waals surface area contributed by atoms with Crippen molar-refractivity contribution in [1.82, 2.24) is 0 Å². The van der Waals surface area contributed by atoms with E-state index in [1.807, 2.05) is 0 Å². The molecule has 0 saturated heterocycles. The van der Waals surface area contributed by atoms with Crippen LogP contribution in [0.5, 0.6) is 11.5 Å². The second kappa shape index (κ2) is 18.2. The molecule has 6 aromatic carbocycles. The minimum atomic E-state index is -0.103. The largest absolute Gasteiger partial charge is 2.00 e. The summed E-state index contributed by atoms with van der Waals surface area (Å²) < 4.78 is 0. The summed E-state index contributed by atoms with van der Waals surface area (Å²) in [6.45, 7) is 26.4. The van der Waals surface area contributed by atoms with Gasteiger partial charge in [0.15, 0.2) is 0 Å². The van der Waals surface area contributed by atoms with Crippen LogP contribution in [-0.4, -0.2) is 10.2 Å². The number of aryl methyl sites for hydroxylation is 2. The van der Waals surface area contributed by atoms with E-state index in [9.17, 15) is 10.2 Å². The maximum Gasteiger partial charge on any atom is 2.00 e. The van der Waals surface area contributed by atoms with Crippen molar-refractivity contribution in [3.63, 3.8) is 0 Å². The van der Waals surface area contributed by atoms with Crippen LogP contribution in [0.4, 0.5) is 0 Å². The van der Waals surface area contributed by atoms with Crippen molar-refractivity contribution in [3.05, 3.63) is 169 Å². The summed E-state index contributed by atoms with van der Waals surface area (Å²) in [5.74, 6) is 0.828. The minimum Gasteiger partial charge on any atom is -0.507 e. The summed E-state index contributed by atoms with van der Waals surface area (Å²) in [7, 11) is 0. The SMILES string of the molecule is CCC1(CC)c2ccccc2-c2ccc(-c3cc(C)cc(C(C)(C)C)c3O)cc21.CCC1(CC)c2ccccc2-c2ccc(-c3cc(C)cc(C(C)(C)C)c3O)cc21.[CH3-].[CH3-].[Ti+2]. The van der Waals surface area contributed by atoms with E-state index in [2.05, 4.69) is 192 Å². The maximum atomic E-state index is 11.2. The Kier molecular flexibility index (Phi) is 14.7. The Hall–Kier alpha value is -4.37. The van der Waals surface area contributed by atoms with Crippen LogP contribution < -0.4 is 0 Å². The number of hydrogen-bond acceptors (Lipinski definition) is 2. The molecule has 0 saturated carbocycles. The first kappa shape index (κ1) is 49.3. The third kappa shape index (κ3) is 8.21. The quantitative estimate of drug-likeness (QED) is 0.129. The molecule has 318 valence electrons. The van der Waals surface area contributed by atoms with Gasteiger partial charge in [0.1, 0.15) is 11.5 Å². The van der Waals surface area contributed by atoms with Crippen LogP contribution in [-0.2, 0) is 43.4 Å². The van der Waals surface area contributed by atoms with Gasteiger partial charge in [0, 0.05) is 33.1 Å². The summed E-state index contributed by atoms with van der Waals surface area (Å²) in [6, 6.07) is 39.7. The van der Waals surface area contributed by atoms with Crippen molar-refractivity contribution in [1.29, 1.82) is 0 Å². The van der Waals surface area contributed by atoms with E-state index in [0.717, 1.165) is 59.1 Å². The summed E-state index contributed by atoms with van der Waals surface area (Å²) in [6.07, 6.45) is 4.29. The van der Waals surface area contributed by atoms with Crippen LogP contribution >= 0.6 is 0 Å². The fraction of sp³-hybridized carbons (Fsp3) is 0.345. The van der Waals surface area contributed by atoms with E-state index in [-0.39, 0.29) is 58.2 Å². The predicted octanol–water partition coefficient (Wildman–Crippen LogP) is 16.4. The molecule has 0 spiro atoms. The first-order chi connectivity index (χ1) is 27.4. The molecule has 0 heterocycles. The van der Waals surface area contributed by atoms with Crippen molar-refractivity contribution in [2.24, 2.45) is 0 Å². The third-order valence-electron chi connectivity index (χ3n) is 13.7. The Balaban J connectivity index is 0.000000256. The zero-order valence-electron chi connectivity index (χ0n) is 39.6. The number of hydrogen-bond donors (Lipinski definition) is 2. The Bertz CT molecular complexity index is 2340. The molecule has 0 radical (unpaired) electrons. The smallest absolute Gasteiger partial charge is 0.507 e. The van der Waals surface area contributed by atoms with Crippen molar-refractivity contribution in [2.45, 2.75) is 130 Å². The molecule has 2 aliphatic rings. The van der Waals surface area contributed by atoms with Crippen molar-refractivity contribution in [2.75, 3.05) is 0 Å². The molecule has 8 rings (SSSR count). The number of fused-ring (bicyclic) bond motifs is 6. The van der Waals surface area contributed by atoms with Crippen LogP contribution in [0.3, 0.4) is 0 Å². The number of phenols is 2. The molecule has 0 aliphatic heterocycles. The molecule has 0 unspecified atom stereocenters. The molecule has 61 heavy (non-hydrogen) atoms. The van der Waals surface area contributed by atoms with Gasteiger partial charge in [-0.1, -0.05) is 154 Å².